The number of carbonyl (C=O) groups excluding carboxylic acids is 1. The van der Waals surface area contributed by atoms with E-state index in [0.29, 0.717) is 48.4 Å². The second-order valence-electron chi connectivity index (χ2n) is 5.39. The second-order valence-corrected chi connectivity index (χ2v) is 6.23. The number of fused-ring (bicyclic) bond motifs is 1. The zero-order valence-electron chi connectivity index (χ0n) is 13.0. The highest BCUT2D eigenvalue weighted by molar-refractivity contribution is 6.35. The van der Waals surface area contributed by atoms with Gasteiger partial charge in [0.25, 0.3) is 0 Å². The zero-order chi connectivity index (χ0) is 16.9. The summed E-state index contributed by atoms with van der Waals surface area (Å²) in [6.45, 7) is 1.50. The first kappa shape index (κ1) is 16.9. The standard InChI is InChI=1S/C18H17Cl2NO3/c19-13-7-8-16(14(20)12-13)23-10-3-6-18(22)21-9-11-24-17-5-2-1-4-15(17)21/h1-2,4-5,7-8,12H,3,6,9-11H2. The third-order valence-electron chi connectivity index (χ3n) is 3.72. The number of carbonyl (C=O) groups is 1. The quantitative estimate of drug-likeness (QED) is 0.728. The Bertz CT molecular complexity index is 736. The highest BCUT2D eigenvalue weighted by Gasteiger charge is 2.22. The van der Waals surface area contributed by atoms with Gasteiger partial charge in [-0.2, -0.15) is 0 Å². The Kier molecular flexibility index (Phi) is 5.48. The van der Waals surface area contributed by atoms with Crippen LogP contribution in [0.3, 0.4) is 0 Å². The zero-order valence-corrected chi connectivity index (χ0v) is 14.5. The highest BCUT2D eigenvalue weighted by atomic mass is 35.5. The fourth-order valence-corrected chi connectivity index (χ4v) is 3.02. The van der Waals surface area contributed by atoms with Crippen LogP contribution in [0.2, 0.25) is 10.0 Å². The molecule has 2 aromatic rings. The summed E-state index contributed by atoms with van der Waals surface area (Å²) >= 11 is 11.9. The molecule has 0 spiro atoms. The second kappa shape index (κ2) is 7.77. The molecule has 126 valence electrons. The van der Waals surface area contributed by atoms with Crippen LogP contribution in [0.1, 0.15) is 12.8 Å². The molecule has 0 aromatic heterocycles. The van der Waals surface area contributed by atoms with Gasteiger partial charge in [0.15, 0.2) is 0 Å². The monoisotopic (exact) mass is 365 g/mol. The number of benzene rings is 2. The third-order valence-corrected chi connectivity index (χ3v) is 4.25. The van der Waals surface area contributed by atoms with Crippen LogP contribution < -0.4 is 14.4 Å². The Balaban J connectivity index is 1.51. The molecule has 2 aromatic carbocycles. The molecule has 1 aliphatic heterocycles. The lowest BCUT2D eigenvalue weighted by atomic mass is 10.2. The van der Waals surface area contributed by atoms with E-state index < -0.39 is 0 Å². The SMILES string of the molecule is O=C(CCCOc1ccc(Cl)cc1Cl)N1CCOc2ccccc21. The topological polar surface area (TPSA) is 38.8 Å². The van der Waals surface area contributed by atoms with Crippen LogP contribution in [0.15, 0.2) is 42.5 Å². The van der Waals surface area contributed by atoms with E-state index in [1.165, 1.54) is 0 Å². The van der Waals surface area contributed by atoms with Crippen LogP contribution in [-0.2, 0) is 4.79 Å². The summed E-state index contributed by atoms with van der Waals surface area (Å²) in [5.74, 6) is 1.39. The number of nitrogens with zero attached hydrogens (tertiary/aromatic N) is 1. The number of rotatable bonds is 5. The molecule has 0 N–H and O–H groups in total. The Morgan fingerprint density at radius 3 is 2.88 bits per heavy atom. The number of para-hydroxylation sites is 2. The van der Waals surface area contributed by atoms with Crippen LogP contribution in [-0.4, -0.2) is 25.7 Å². The lowest BCUT2D eigenvalue weighted by Crippen LogP contribution is -2.37. The molecule has 6 heteroatoms. The molecule has 0 bridgehead atoms. The van der Waals surface area contributed by atoms with Crippen LogP contribution in [0.25, 0.3) is 0 Å². The van der Waals surface area contributed by atoms with Crippen molar-refractivity contribution in [2.45, 2.75) is 12.8 Å². The predicted molar refractivity (Wildman–Crippen MR) is 95.5 cm³/mol. The van der Waals surface area contributed by atoms with Crippen molar-refractivity contribution in [1.82, 2.24) is 0 Å². The molecule has 3 rings (SSSR count). The summed E-state index contributed by atoms with van der Waals surface area (Å²) < 4.78 is 11.2. The maximum Gasteiger partial charge on any atom is 0.227 e. The van der Waals surface area contributed by atoms with E-state index in [1.807, 2.05) is 24.3 Å². The Hall–Kier alpha value is -1.91. The molecular formula is C18H17Cl2NO3. The fourth-order valence-electron chi connectivity index (χ4n) is 2.56. The van der Waals surface area contributed by atoms with Gasteiger partial charge in [0.1, 0.15) is 18.1 Å². The molecule has 0 radical (unpaired) electrons. The molecule has 0 saturated heterocycles. The first-order chi connectivity index (χ1) is 11.6. The molecular weight excluding hydrogens is 349 g/mol. The number of ether oxygens (including phenoxy) is 2. The van der Waals surface area contributed by atoms with Crippen molar-refractivity contribution in [3.05, 3.63) is 52.5 Å². The number of hydrogen-bond acceptors (Lipinski definition) is 3. The first-order valence-electron chi connectivity index (χ1n) is 7.75. The summed E-state index contributed by atoms with van der Waals surface area (Å²) in [5.41, 5.74) is 0.829. The molecule has 0 aliphatic carbocycles. The van der Waals surface area contributed by atoms with Gasteiger partial charge in [-0.25, -0.2) is 0 Å². The summed E-state index contributed by atoms with van der Waals surface area (Å²) in [6, 6.07) is 12.7. The van der Waals surface area contributed by atoms with Gasteiger partial charge < -0.3 is 14.4 Å². The molecule has 24 heavy (non-hydrogen) atoms. The maximum absolute atomic E-state index is 12.5. The average molecular weight is 366 g/mol. The highest BCUT2D eigenvalue weighted by Crippen LogP contribution is 2.31. The van der Waals surface area contributed by atoms with Gasteiger partial charge in [0.2, 0.25) is 5.91 Å². The van der Waals surface area contributed by atoms with Crippen LogP contribution in [0, 0.1) is 0 Å². The molecule has 0 saturated carbocycles. The molecule has 1 heterocycles. The normalized spacial score (nSPS) is 13.2. The fraction of sp³-hybridized carbons (Fsp3) is 0.278. The van der Waals surface area contributed by atoms with Crippen molar-refractivity contribution in [3.8, 4) is 11.5 Å². The Morgan fingerprint density at radius 1 is 1.21 bits per heavy atom. The molecule has 0 atom stereocenters. The number of hydrogen-bond donors (Lipinski definition) is 0. The maximum atomic E-state index is 12.5. The Morgan fingerprint density at radius 2 is 2.04 bits per heavy atom. The van der Waals surface area contributed by atoms with E-state index >= 15 is 0 Å². The van der Waals surface area contributed by atoms with E-state index in [-0.39, 0.29) is 5.91 Å². The van der Waals surface area contributed by atoms with Crippen molar-refractivity contribution in [1.29, 1.82) is 0 Å². The van der Waals surface area contributed by atoms with Gasteiger partial charge in [-0.1, -0.05) is 35.3 Å². The largest absolute Gasteiger partial charge is 0.492 e. The minimum Gasteiger partial charge on any atom is -0.492 e. The van der Waals surface area contributed by atoms with E-state index in [0.717, 1.165) is 11.4 Å². The van der Waals surface area contributed by atoms with Crippen molar-refractivity contribution in [2.24, 2.45) is 0 Å². The third kappa shape index (κ3) is 3.94. The van der Waals surface area contributed by atoms with Crippen LogP contribution in [0.4, 0.5) is 5.69 Å². The number of halogens is 2. The van der Waals surface area contributed by atoms with Crippen LogP contribution >= 0.6 is 23.2 Å². The van der Waals surface area contributed by atoms with Gasteiger partial charge in [-0.3, -0.25) is 4.79 Å². The van der Waals surface area contributed by atoms with Gasteiger partial charge in [0.05, 0.1) is 23.9 Å². The van der Waals surface area contributed by atoms with Crippen molar-refractivity contribution >= 4 is 34.8 Å². The first-order valence-corrected chi connectivity index (χ1v) is 8.51. The molecule has 0 unspecified atom stereocenters. The van der Waals surface area contributed by atoms with Crippen molar-refractivity contribution in [2.75, 3.05) is 24.7 Å². The summed E-state index contributed by atoms with van der Waals surface area (Å²) in [7, 11) is 0. The summed E-state index contributed by atoms with van der Waals surface area (Å²) in [4.78, 5) is 14.2. The van der Waals surface area contributed by atoms with Crippen molar-refractivity contribution < 1.29 is 14.3 Å². The minimum atomic E-state index is 0.0663. The number of amides is 1. The predicted octanol–water partition coefficient (Wildman–Crippen LogP) is 4.58. The molecule has 4 nitrogen and oxygen atoms in total. The van der Waals surface area contributed by atoms with E-state index in [4.69, 9.17) is 32.7 Å². The lowest BCUT2D eigenvalue weighted by molar-refractivity contribution is -0.119. The Labute approximate surface area is 150 Å². The van der Waals surface area contributed by atoms with Crippen LogP contribution in [0.5, 0.6) is 11.5 Å². The molecule has 0 fully saturated rings. The summed E-state index contributed by atoms with van der Waals surface area (Å²) in [6.07, 6.45) is 1.01. The average Bonchev–Trinajstić information content (AvgIpc) is 2.59. The van der Waals surface area contributed by atoms with E-state index in [2.05, 4.69) is 0 Å². The van der Waals surface area contributed by atoms with E-state index in [1.54, 1.807) is 23.1 Å². The van der Waals surface area contributed by atoms with Gasteiger partial charge in [0, 0.05) is 11.4 Å². The molecule has 1 amide bonds. The van der Waals surface area contributed by atoms with Gasteiger partial charge in [-0.05, 0) is 36.8 Å². The van der Waals surface area contributed by atoms with Gasteiger partial charge in [-0.15, -0.1) is 0 Å². The van der Waals surface area contributed by atoms with Crippen molar-refractivity contribution in [3.63, 3.8) is 0 Å². The number of anilines is 1. The summed E-state index contributed by atoms with van der Waals surface area (Å²) in [5, 5.41) is 1.03. The smallest absolute Gasteiger partial charge is 0.227 e. The van der Waals surface area contributed by atoms with Gasteiger partial charge >= 0.3 is 0 Å². The molecule has 1 aliphatic rings. The van der Waals surface area contributed by atoms with E-state index in [9.17, 15) is 4.79 Å². The lowest BCUT2D eigenvalue weighted by Gasteiger charge is -2.29. The minimum absolute atomic E-state index is 0.0663.